The number of rotatable bonds is 6. The number of aryl methyl sites for hydroxylation is 1. The van der Waals surface area contributed by atoms with Crippen LogP contribution in [0, 0.1) is 18.7 Å². The van der Waals surface area contributed by atoms with Crippen molar-refractivity contribution in [2.45, 2.75) is 46.3 Å². The fraction of sp³-hybridized carbons (Fsp3) is 0.414. The van der Waals surface area contributed by atoms with Gasteiger partial charge in [-0.25, -0.2) is 4.39 Å². The highest BCUT2D eigenvalue weighted by Crippen LogP contribution is 2.35. The minimum absolute atomic E-state index is 0.156. The molecule has 1 saturated heterocycles. The number of piperidine rings is 1. The monoisotopic (exact) mass is 477 g/mol. The van der Waals surface area contributed by atoms with E-state index in [1.807, 2.05) is 33.0 Å². The molecule has 0 radical (unpaired) electrons. The Hall–Kier alpha value is -2.96. The van der Waals surface area contributed by atoms with Gasteiger partial charge in [0.05, 0.1) is 5.69 Å². The Labute approximate surface area is 207 Å². The van der Waals surface area contributed by atoms with Gasteiger partial charge in [-0.05, 0) is 66.6 Å². The van der Waals surface area contributed by atoms with Crippen LogP contribution < -0.4 is 4.90 Å². The van der Waals surface area contributed by atoms with Gasteiger partial charge in [-0.1, -0.05) is 26.0 Å². The molecule has 186 valence electrons. The van der Waals surface area contributed by atoms with Gasteiger partial charge in [0.15, 0.2) is 6.29 Å². The van der Waals surface area contributed by atoms with Crippen LogP contribution in [-0.4, -0.2) is 43.6 Å². The Balaban J connectivity index is 0.00000141. The van der Waals surface area contributed by atoms with Crippen LogP contribution in [-0.2, 0) is 9.47 Å². The fourth-order valence-electron chi connectivity index (χ4n) is 5.18. The first-order chi connectivity index (χ1) is 17.1. The van der Waals surface area contributed by atoms with E-state index in [2.05, 4.69) is 39.1 Å². The number of hydrogen-bond donors (Lipinski definition) is 1. The smallest absolute Gasteiger partial charge is 0.157 e. The van der Waals surface area contributed by atoms with Crippen molar-refractivity contribution in [3.8, 4) is 11.1 Å². The van der Waals surface area contributed by atoms with Gasteiger partial charge < -0.3 is 19.4 Å². The average molecular weight is 478 g/mol. The summed E-state index contributed by atoms with van der Waals surface area (Å²) >= 11 is 0. The molecule has 0 unspecified atom stereocenters. The summed E-state index contributed by atoms with van der Waals surface area (Å²) in [5.41, 5.74) is 5.68. The molecule has 0 spiro atoms. The highest BCUT2D eigenvalue weighted by atomic mass is 19.1. The normalized spacial score (nSPS) is 14.5. The standard InChI is InChI=1S/C27H30FN3O2.C2H6/c1-17-12-20(19-4-5-21-22-16-29-9-6-24(22)30-25(21)15-19)14-23(28)27(17)31-10-7-18(8-11-31)13-26(32-2)33-3;1-2/h4-6,9,12,14-16,18,26,30H,7-8,10-11,13H2,1-3H3;1-2H3. The van der Waals surface area contributed by atoms with Crippen LogP contribution in [0.4, 0.5) is 10.1 Å². The maximum absolute atomic E-state index is 15.4. The molecule has 2 aromatic carbocycles. The minimum atomic E-state index is -0.162. The molecule has 6 heteroatoms. The predicted molar refractivity (Wildman–Crippen MR) is 142 cm³/mol. The molecule has 0 aliphatic carbocycles. The van der Waals surface area contributed by atoms with Crippen molar-refractivity contribution in [1.82, 2.24) is 9.97 Å². The maximum Gasteiger partial charge on any atom is 0.157 e. The zero-order chi connectivity index (χ0) is 24.9. The molecule has 2 aromatic heterocycles. The third kappa shape index (κ3) is 5.19. The molecular weight excluding hydrogens is 441 g/mol. The number of fused-ring (bicyclic) bond motifs is 3. The molecule has 35 heavy (non-hydrogen) atoms. The summed E-state index contributed by atoms with van der Waals surface area (Å²) in [7, 11) is 3.35. The second kappa shape index (κ2) is 11.2. The SMILES string of the molecule is CC.COC(CC1CCN(c2c(C)cc(-c3ccc4c(c3)[nH]c3ccncc34)cc2F)CC1)OC. The number of hydrogen-bond acceptors (Lipinski definition) is 4. The van der Waals surface area contributed by atoms with Crippen LogP contribution in [0.1, 0.15) is 38.7 Å². The Morgan fingerprint density at radius 3 is 2.43 bits per heavy atom. The summed E-state index contributed by atoms with van der Waals surface area (Å²) in [5.74, 6) is 0.378. The van der Waals surface area contributed by atoms with Crippen molar-refractivity contribution in [1.29, 1.82) is 0 Å². The van der Waals surface area contributed by atoms with Crippen molar-refractivity contribution in [2.75, 3.05) is 32.2 Å². The highest BCUT2D eigenvalue weighted by molar-refractivity contribution is 6.07. The van der Waals surface area contributed by atoms with Gasteiger partial charge in [0, 0.05) is 67.9 Å². The van der Waals surface area contributed by atoms with Gasteiger partial charge >= 0.3 is 0 Å². The van der Waals surface area contributed by atoms with Crippen molar-refractivity contribution in [3.05, 3.63) is 60.2 Å². The van der Waals surface area contributed by atoms with Gasteiger partial charge in [0.25, 0.3) is 0 Å². The summed E-state index contributed by atoms with van der Waals surface area (Å²) in [6.07, 6.45) is 6.40. The molecule has 4 aromatic rings. The van der Waals surface area contributed by atoms with Gasteiger partial charge in [-0.3, -0.25) is 4.98 Å². The number of aromatic amines is 1. The first kappa shape index (κ1) is 25.1. The second-order valence-corrected chi connectivity index (χ2v) is 9.00. The highest BCUT2D eigenvalue weighted by Gasteiger charge is 2.25. The number of ether oxygens (including phenoxy) is 2. The van der Waals surface area contributed by atoms with E-state index in [0.29, 0.717) is 5.92 Å². The van der Waals surface area contributed by atoms with Gasteiger partial charge in [0.2, 0.25) is 0 Å². The molecule has 1 aliphatic rings. The number of nitrogens with zero attached hydrogens (tertiary/aromatic N) is 2. The number of pyridine rings is 1. The van der Waals surface area contributed by atoms with Gasteiger partial charge in [-0.15, -0.1) is 0 Å². The molecule has 1 N–H and O–H groups in total. The molecule has 5 rings (SSSR count). The largest absolute Gasteiger partial charge is 0.369 e. The summed E-state index contributed by atoms with van der Waals surface area (Å²) < 4.78 is 26.1. The minimum Gasteiger partial charge on any atom is -0.369 e. The fourth-order valence-corrected chi connectivity index (χ4v) is 5.18. The predicted octanol–water partition coefficient (Wildman–Crippen LogP) is 7.08. The summed E-state index contributed by atoms with van der Waals surface area (Å²) in [6.45, 7) is 7.70. The first-order valence-electron chi connectivity index (χ1n) is 12.5. The van der Waals surface area contributed by atoms with Crippen molar-refractivity contribution >= 4 is 27.5 Å². The van der Waals surface area contributed by atoms with E-state index >= 15 is 4.39 Å². The molecule has 1 fully saturated rings. The second-order valence-electron chi connectivity index (χ2n) is 9.00. The van der Waals surface area contributed by atoms with Crippen LogP contribution in [0.5, 0.6) is 0 Å². The van der Waals surface area contributed by atoms with Crippen LogP contribution in [0.25, 0.3) is 32.9 Å². The summed E-state index contributed by atoms with van der Waals surface area (Å²) in [4.78, 5) is 9.87. The van der Waals surface area contributed by atoms with Crippen LogP contribution in [0.15, 0.2) is 48.8 Å². The van der Waals surface area contributed by atoms with E-state index in [0.717, 1.165) is 76.5 Å². The molecule has 0 atom stereocenters. The number of methoxy groups -OCH3 is 2. The lowest BCUT2D eigenvalue weighted by Crippen LogP contribution is -2.36. The molecular formula is C29H36FN3O2. The van der Waals surface area contributed by atoms with Crippen molar-refractivity contribution < 1.29 is 13.9 Å². The molecule has 3 heterocycles. The number of aromatic nitrogens is 2. The lowest BCUT2D eigenvalue weighted by molar-refractivity contribution is -0.115. The van der Waals surface area contributed by atoms with E-state index in [1.54, 1.807) is 26.5 Å². The van der Waals surface area contributed by atoms with Crippen LogP contribution in [0.2, 0.25) is 0 Å². The maximum atomic E-state index is 15.4. The van der Waals surface area contributed by atoms with Gasteiger partial charge in [-0.2, -0.15) is 0 Å². The molecule has 5 nitrogen and oxygen atoms in total. The zero-order valence-corrected chi connectivity index (χ0v) is 21.4. The van der Waals surface area contributed by atoms with Gasteiger partial charge in [0.1, 0.15) is 5.82 Å². The van der Waals surface area contributed by atoms with Crippen molar-refractivity contribution in [3.63, 3.8) is 0 Å². The lowest BCUT2D eigenvalue weighted by atomic mass is 9.92. The number of halogens is 1. The molecule has 0 amide bonds. The third-order valence-corrected chi connectivity index (χ3v) is 6.97. The van der Waals surface area contributed by atoms with E-state index < -0.39 is 0 Å². The van der Waals surface area contributed by atoms with E-state index in [-0.39, 0.29) is 12.1 Å². The number of anilines is 1. The third-order valence-electron chi connectivity index (χ3n) is 6.97. The Bertz CT molecular complexity index is 1250. The zero-order valence-electron chi connectivity index (χ0n) is 21.4. The average Bonchev–Trinajstić information content (AvgIpc) is 3.26. The molecule has 0 saturated carbocycles. The van der Waals surface area contributed by atoms with Crippen LogP contribution >= 0.6 is 0 Å². The van der Waals surface area contributed by atoms with Crippen molar-refractivity contribution in [2.24, 2.45) is 5.92 Å². The lowest BCUT2D eigenvalue weighted by Gasteiger charge is -2.35. The first-order valence-corrected chi connectivity index (χ1v) is 12.5. The molecule has 1 aliphatic heterocycles. The van der Waals surface area contributed by atoms with E-state index in [1.165, 1.54) is 0 Å². The topological polar surface area (TPSA) is 50.4 Å². The number of H-pyrrole nitrogens is 1. The number of benzene rings is 2. The Morgan fingerprint density at radius 1 is 1.00 bits per heavy atom. The van der Waals surface area contributed by atoms with E-state index in [4.69, 9.17) is 9.47 Å². The van der Waals surface area contributed by atoms with Crippen LogP contribution in [0.3, 0.4) is 0 Å². The summed E-state index contributed by atoms with van der Waals surface area (Å²) in [6, 6.07) is 12.0. The number of nitrogens with one attached hydrogen (secondary N) is 1. The molecule has 0 bridgehead atoms. The Morgan fingerprint density at radius 2 is 1.74 bits per heavy atom. The quantitative estimate of drug-likeness (QED) is 0.301. The Kier molecular flexibility index (Phi) is 8.04. The summed E-state index contributed by atoms with van der Waals surface area (Å²) in [5, 5.41) is 2.23. The van der Waals surface area contributed by atoms with E-state index in [9.17, 15) is 0 Å².